The lowest BCUT2D eigenvalue weighted by atomic mass is 10.1. The van der Waals surface area contributed by atoms with Crippen LogP contribution in [-0.4, -0.2) is 30.8 Å². The quantitative estimate of drug-likeness (QED) is 0.734. The van der Waals surface area contributed by atoms with Crippen LogP contribution in [0.3, 0.4) is 0 Å². The van der Waals surface area contributed by atoms with Crippen LogP contribution < -0.4 is 0 Å². The first kappa shape index (κ1) is 13.6. The van der Waals surface area contributed by atoms with Gasteiger partial charge in [0.2, 0.25) is 0 Å². The molecule has 0 bridgehead atoms. The van der Waals surface area contributed by atoms with Crippen molar-refractivity contribution in [3.05, 3.63) is 34.9 Å². The predicted molar refractivity (Wildman–Crippen MR) is 75.2 cm³/mol. The third kappa shape index (κ3) is 3.82. The van der Waals surface area contributed by atoms with Crippen molar-refractivity contribution < 1.29 is 4.79 Å². The molecule has 1 aliphatic rings. The summed E-state index contributed by atoms with van der Waals surface area (Å²) in [6, 6.07) is 7.13. The molecule has 0 aromatic heterocycles. The van der Waals surface area contributed by atoms with E-state index in [-0.39, 0.29) is 5.78 Å². The second-order valence-corrected chi connectivity index (χ2v) is 5.85. The van der Waals surface area contributed by atoms with Crippen LogP contribution in [0.1, 0.15) is 30.1 Å². The zero-order chi connectivity index (χ0) is 13.1. The molecule has 0 radical (unpaired) electrons. The molecule has 0 aliphatic heterocycles. The second kappa shape index (κ2) is 5.85. The summed E-state index contributed by atoms with van der Waals surface area (Å²) < 4.78 is 0. The Morgan fingerprint density at radius 1 is 1.39 bits per heavy atom. The molecule has 2 nitrogen and oxygen atoms in total. The highest BCUT2D eigenvalue weighted by atomic mass is 35.5. The van der Waals surface area contributed by atoms with Crippen LogP contribution in [0.2, 0.25) is 5.02 Å². The highest BCUT2D eigenvalue weighted by molar-refractivity contribution is 6.30. The summed E-state index contributed by atoms with van der Waals surface area (Å²) in [5.74, 6) is 1.92. The Hall–Kier alpha value is -0.860. The number of hydrogen-bond acceptors (Lipinski definition) is 2. The van der Waals surface area contributed by atoms with Gasteiger partial charge in [-0.25, -0.2) is 0 Å². The maximum absolute atomic E-state index is 12.0. The average molecular weight is 266 g/mol. The van der Waals surface area contributed by atoms with Crippen molar-refractivity contribution in [2.75, 3.05) is 20.1 Å². The molecule has 2 unspecified atom stereocenters. The number of rotatable bonds is 6. The first-order valence-corrected chi connectivity index (χ1v) is 6.91. The summed E-state index contributed by atoms with van der Waals surface area (Å²) >= 11 is 5.80. The van der Waals surface area contributed by atoms with Gasteiger partial charge in [0.1, 0.15) is 0 Å². The fourth-order valence-corrected chi connectivity index (χ4v) is 2.34. The van der Waals surface area contributed by atoms with E-state index in [0.29, 0.717) is 11.4 Å². The highest BCUT2D eigenvalue weighted by Crippen LogP contribution is 2.37. The number of Topliss-reactive ketones (excluding diaryl/α,β-unsaturated/α-hetero) is 1. The molecule has 0 heterocycles. The number of carbonyl (C=O) groups is 1. The molecule has 0 spiro atoms. The van der Waals surface area contributed by atoms with Crippen molar-refractivity contribution in [3.63, 3.8) is 0 Å². The highest BCUT2D eigenvalue weighted by Gasteiger charge is 2.32. The molecule has 98 valence electrons. The van der Waals surface area contributed by atoms with E-state index in [2.05, 4.69) is 18.9 Å². The van der Waals surface area contributed by atoms with Gasteiger partial charge in [-0.3, -0.25) is 4.79 Å². The smallest absolute Gasteiger partial charge is 0.164 e. The Morgan fingerprint density at radius 3 is 2.56 bits per heavy atom. The van der Waals surface area contributed by atoms with E-state index < -0.39 is 0 Å². The lowest BCUT2D eigenvalue weighted by Gasteiger charge is -2.15. The van der Waals surface area contributed by atoms with Crippen LogP contribution in [0.15, 0.2) is 24.3 Å². The van der Waals surface area contributed by atoms with Crippen LogP contribution in [0.5, 0.6) is 0 Å². The molecule has 1 saturated carbocycles. The van der Waals surface area contributed by atoms with E-state index in [4.69, 9.17) is 11.6 Å². The summed E-state index contributed by atoms with van der Waals surface area (Å²) in [5.41, 5.74) is 0.757. The van der Waals surface area contributed by atoms with Gasteiger partial charge in [-0.05, 0) is 49.6 Å². The topological polar surface area (TPSA) is 20.3 Å². The lowest BCUT2D eigenvalue weighted by molar-refractivity contribution is 0.0968. The first-order valence-electron chi connectivity index (χ1n) is 6.53. The number of benzene rings is 1. The van der Waals surface area contributed by atoms with Gasteiger partial charge >= 0.3 is 0 Å². The second-order valence-electron chi connectivity index (χ2n) is 5.42. The minimum Gasteiger partial charge on any atom is -0.306 e. The summed E-state index contributed by atoms with van der Waals surface area (Å²) in [7, 11) is 2.10. The minimum absolute atomic E-state index is 0.197. The average Bonchev–Trinajstić information content (AvgIpc) is 3.02. The maximum atomic E-state index is 12.0. The number of hydrogen-bond donors (Lipinski definition) is 0. The zero-order valence-electron chi connectivity index (χ0n) is 11.0. The van der Waals surface area contributed by atoms with Gasteiger partial charge in [0.05, 0.1) is 0 Å². The van der Waals surface area contributed by atoms with Gasteiger partial charge in [0.15, 0.2) is 5.78 Å². The zero-order valence-corrected chi connectivity index (χ0v) is 11.8. The molecule has 1 aromatic rings. The third-order valence-corrected chi connectivity index (χ3v) is 3.96. The molecule has 1 fully saturated rings. The van der Waals surface area contributed by atoms with Crippen molar-refractivity contribution >= 4 is 17.4 Å². The van der Waals surface area contributed by atoms with E-state index in [1.54, 1.807) is 24.3 Å². The maximum Gasteiger partial charge on any atom is 0.164 e. The van der Waals surface area contributed by atoms with Crippen molar-refractivity contribution in [1.29, 1.82) is 0 Å². The van der Waals surface area contributed by atoms with Crippen molar-refractivity contribution in [2.24, 2.45) is 11.8 Å². The first-order chi connectivity index (χ1) is 8.56. The van der Waals surface area contributed by atoms with Crippen molar-refractivity contribution in [1.82, 2.24) is 4.90 Å². The van der Waals surface area contributed by atoms with Gasteiger partial charge in [-0.1, -0.05) is 18.5 Å². The van der Waals surface area contributed by atoms with Gasteiger partial charge in [-0.2, -0.15) is 0 Å². The van der Waals surface area contributed by atoms with E-state index in [1.165, 1.54) is 6.42 Å². The molecule has 1 aromatic carbocycles. The standard InChI is InChI=1S/C15H20ClNO/c1-11-9-13(11)10-17(2)8-7-15(18)12-3-5-14(16)6-4-12/h3-6,11,13H,7-10H2,1-2H3. The Kier molecular flexibility index (Phi) is 4.41. The number of carbonyl (C=O) groups excluding carboxylic acids is 1. The van der Waals surface area contributed by atoms with Crippen molar-refractivity contribution in [2.45, 2.75) is 19.8 Å². The summed E-state index contributed by atoms with van der Waals surface area (Å²) in [6.45, 7) is 4.25. The predicted octanol–water partition coefficient (Wildman–Crippen LogP) is 3.50. The molecule has 2 atom stereocenters. The van der Waals surface area contributed by atoms with Gasteiger partial charge in [0.25, 0.3) is 0 Å². The van der Waals surface area contributed by atoms with Crippen molar-refractivity contribution in [3.8, 4) is 0 Å². The molecule has 0 saturated heterocycles. The van der Waals surface area contributed by atoms with E-state index in [1.807, 2.05) is 0 Å². The Bertz CT molecular complexity index is 415. The van der Waals surface area contributed by atoms with Crippen LogP contribution >= 0.6 is 11.6 Å². The SMILES string of the molecule is CC1CC1CN(C)CCC(=O)c1ccc(Cl)cc1. The number of ketones is 1. The van der Waals surface area contributed by atoms with Crippen LogP contribution in [0.4, 0.5) is 0 Å². The Morgan fingerprint density at radius 2 is 2.00 bits per heavy atom. The molecule has 2 rings (SSSR count). The lowest BCUT2D eigenvalue weighted by Crippen LogP contribution is -2.24. The fraction of sp³-hybridized carbons (Fsp3) is 0.533. The number of nitrogens with zero attached hydrogens (tertiary/aromatic N) is 1. The van der Waals surface area contributed by atoms with E-state index in [9.17, 15) is 4.79 Å². The normalized spacial score (nSPS) is 22.2. The molecular formula is C15H20ClNO. The van der Waals surface area contributed by atoms with Crippen LogP contribution in [0, 0.1) is 11.8 Å². The molecular weight excluding hydrogens is 246 g/mol. The van der Waals surface area contributed by atoms with E-state index >= 15 is 0 Å². The summed E-state index contributed by atoms with van der Waals surface area (Å²) in [6.07, 6.45) is 1.93. The minimum atomic E-state index is 0.197. The molecule has 0 amide bonds. The van der Waals surface area contributed by atoms with Gasteiger partial charge in [0, 0.05) is 30.1 Å². The van der Waals surface area contributed by atoms with Gasteiger partial charge in [-0.15, -0.1) is 0 Å². The molecule has 0 N–H and O–H groups in total. The fourth-order valence-electron chi connectivity index (χ4n) is 2.22. The Labute approximate surface area is 114 Å². The van der Waals surface area contributed by atoms with E-state index in [0.717, 1.165) is 30.5 Å². The largest absolute Gasteiger partial charge is 0.306 e. The monoisotopic (exact) mass is 265 g/mol. The third-order valence-electron chi connectivity index (χ3n) is 3.71. The molecule has 3 heteroatoms. The summed E-state index contributed by atoms with van der Waals surface area (Å²) in [5, 5.41) is 0.673. The molecule has 1 aliphatic carbocycles. The van der Waals surface area contributed by atoms with Crippen LogP contribution in [0.25, 0.3) is 0 Å². The number of halogens is 1. The summed E-state index contributed by atoms with van der Waals surface area (Å²) in [4.78, 5) is 14.2. The Balaban J connectivity index is 1.75. The molecule has 18 heavy (non-hydrogen) atoms. The van der Waals surface area contributed by atoms with Crippen LogP contribution in [-0.2, 0) is 0 Å². The van der Waals surface area contributed by atoms with Gasteiger partial charge < -0.3 is 4.90 Å².